The highest BCUT2D eigenvalue weighted by atomic mass is 16.3. The molecule has 2 unspecified atom stereocenters. The Morgan fingerprint density at radius 1 is 1.04 bits per heavy atom. The molecule has 1 rings (SSSR count). The molecule has 0 aromatic rings. The molecule has 3 nitrogen and oxygen atoms in total. The van der Waals surface area contributed by atoms with Crippen LogP contribution in [-0.2, 0) is 0 Å². The zero-order valence-electron chi connectivity index (χ0n) is 15.3. The van der Waals surface area contributed by atoms with Crippen LogP contribution in [-0.4, -0.2) is 35.5 Å². The first-order valence-corrected chi connectivity index (χ1v) is 9.81. The molecule has 23 heavy (non-hydrogen) atoms. The van der Waals surface area contributed by atoms with Crippen molar-refractivity contribution in [2.24, 2.45) is 0 Å². The molecule has 2 atom stereocenters. The second-order valence-electron chi connectivity index (χ2n) is 6.91. The van der Waals surface area contributed by atoms with Crippen molar-refractivity contribution < 1.29 is 9.59 Å². The van der Waals surface area contributed by atoms with Gasteiger partial charge in [0.05, 0.1) is 19.4 Å². The van der Waals surface area contributed by atoms with Crippen molar-refractivity contribution in [1.82, 2.24) is 5.32 Å². The lowest BCUT2D eigenvalue weighted by atomic mass is 10.0. The van der Waals surface area contributed by atoms with Gasteiger partial charge in [0.1, 0.15) is 12.7 Å². The van der Waals surface area contributed by atoms with Crippen LogP contribution in [0, 0.1) is 0 Å². The van der Waals surface area contributed by atoms with Gasteiger partial charge in [0.25, 0.3) is 0 Å². The Morgan fingerprint density at radius 3 is 2.22 bits per heavy atom. The molecule has 0 aromatic carbocycles. The quantitative estimate of drug-likeness (QED) is 0.260. The molecule has 0 fully saturated rings. The predicted octanol–water partition coefficient (Wildman–Crippen LogP) is 4.69. The number of aliphatic hydroxyl groups excluding tert-OH is 1. The first-order valence-electron chi connectivity index (χ1n) is 9.81. The Labute approximate surface area is 144 Å². The van der Waals surface area contributed by atoms with Gasteiger partial charge in [-0.15, -0.1) is 6.58 Å². The van der Waals surface area contributed by atoms with Gasteiger partial charge in [-0.2, -0.15) is 0 Å². The summed E-state index contributed by atoms with van der Waals surface area (Å²) in [5.74, 6) is 0. The molecule has 0 amide bonds. The Kier molecular flexibility index (Phi) is 11.1. The van der Waals surface area contributed by atoms with E-state index in [-0.39, 0.29) is 6.61 Å². The Hall–Kier alpha value is -0.800. The highest BCUT2D eigenvalue weighted by molar-refractivity contribution is 4.84. The average molecular weight is 324 g/mol. The maximum Gasteiger partial charge on any atom is 0.166 e. The van der Waals surface area contributed by atoms with Crippen LogP contribution in [0.5, 0.6) is 0 Å². The maximum atomic E-state index is 9.32. The number of aliphatic hydroxyl groups is 1. The number of hydrogen-bond acceptors (Lipinski definition) is 2. The van der Waals surface area contributed by atoms with Crippen LogP contribution in [0.3, 0.4) is 0 Å². The summed E-state index contributed by atoms with van der Waals surface area (Å²) in [6, 6.07) is 0. The summed E-state index contributed by atoms with van der Waals surface area (Å²) in [6.07, 6.45) is 21.5. The number of rotatable bonds is 15. The molecule has 0 bridgehead atoms. The molecule has 0 radical (unpaired) electrons. The summed E-state index contributed by atoms with van der Waals surface area (Å²) in [7, 11) is 0. The maximum absolute atomic E-state index is 9.32. The van der Waals surface area contributed by atoms with Crippen LogP contribution in [0.25, 0.3) is 0 Å². The van der Waals surface area contributed by atoms with Crippen LogP contribution in [0.2, 0.25) is 0 Å². The molecule has 3 heteroatoms. The van der Waals surface area contributed by atoms with Crippen molar-refractivity contribution in [3.05, 3.63) is 25.1 Å². The molecule has 0 saturated heterocycles. The van der Waals surface area contributed by atoms with Crippen LogP contribution < -0.4 is 5.32 Å². The lowest BCUT2D eigenvalue weighted by molar-refractivity contribution is -0.900. The van der Waals surface area contributed by atoms with Crippen molar-refractivity contribution in [3.8, 4) is 0 Å². The monoisotopic (exact) mass is 323 g/mol. The molecule has 2 N–H and O–H groups in total. The Balaban J connectivity index is 1.99. The summed E-state index contributed by atoms with van der Waals surface area (Å²) in [5.41, 5.74) is 0. The van der Waals surface area contributed by atoms with Crippen LogP contribution in [0.4, 0.5) is 0 Å². The van der Waals surface area contributed by atoms with Crippen molar-refractivity contribution in [2.75, 3.05) is 19.7 Å². The van der Waals surface area contributed by atoms with Gasteiger partial charge < -0.3 is 10.4 Å². The summed E-state index contributed by atoms with van der Waals surface area (Å²) in [5, 5.41) is 12.8. The number of hydrogen-bond donors (Lipinski definition) is 2. The van der Waals surface area contributed by atoms with Gasteiger partial charge in [-0.25, -0.2) is 0 Å². The van der Waals surface area contributed by atoms with Gasteiger partial charge in [-0.05, 0) is 26.2 Å². The van der Waals surface area contributed by atoms with Gasteiger partial charge in [0, 0.05) is 6.42 Å². The molecule has 0 aliphatic carbocycles. The number of likely N-dealkylation sites (N-methyl/N-ethyl adjacent to an activating group) is 1. The first kappa shape index (κ1) is 20.2. The van der Waals surface area contributed by atoms with E-state index in [1.165, 1.54) is 70.6 Å². The van der Waals surface area contributed by atoms with E-state index in [9.17, 15) is 5.11 Å². The first-order chi connectivity index (χ1) is 11.3. The van der Waals surface area contributed by atoms with Crippen molar-refractivity contribution in [2.45, 2.75) is 83.7 Å². The number of allylic oxidation sites excluding steroid dienone is 1. The SMILES string of the molecule is C=CCCCCCCCCCCCC1NC=C[N+]1(CC)CCO. The molecule has 134 valence electrons. The lowest BCUT2D eigenvalue weighted by Crippen LogP contribution is -2.54. The van der Waals surface area contributed by atoms with Gasteiger partial charge in [-0.1, -0.05) is 51.0 Å². The van der Waals surface area contributed by atoms with Crippen molar-refractivity contribution >= 4 is 0 Å². The minimum absolute atomic E-state index is 0.267. The van der Waals surface area contributed by atoms with Gasteiger partial charge in [0.2, 0.25) is 0 Å². The summed E-state index contributed by atoms with van der Waals surface area (Å²) in [4.78, 5) is 0. The standard InChI is InChI=1S/C20H39N2O/c1-3-5-6-7-8-9-10-11-12-13-14-15-20-21-16-17-22(20,4-2)18-19-23/h3,16-17,20-21,23H,1,4-15,18-19H2,2H3/q+1. The smallest absolute Gasteiger partial charge is 0.166 e. The minimum Gasteiger partial charge on any atom is -0.390 e. The number of unbranched alkanes of at least 4 members (excludes halogenated alkanes) is 9. The van der Waals surface area contributed by atoms with E-state index in [0.29, 0.717) is 6.17 Å². The second kappa shape index (κ2) is 12.6. The summed E-state index contributed by atoms with van der Waals surface area (Å²) in [6.45, 7) is 8.14. The van der Waals surface area contributed by atoms with E-state index in [2.05, 4.69) is 31.2 Å². The lowest BCUT2D eigenvalue weighted by Gasteiger charge is -2.36. The molecule has 1 aliphatic rings. The third-order valence-electron chi connectivity index (χ3n) is 5.27. The van der Waals surface area contributed by atoms with Crippen molar-refractivity contribution in [1.29, 1.82) is 0 Å². The molecule has 1 heterocycles. The van der Waals surface area contributed by atoms with E-state index >= 15 is 0 Å². The molecular formula is C20H39N2O+. The third kappa shape index (κ3) is 7.54. The van der Waals surface area contributed by atoms with Crippen LogP contribution in [0.15, 0.2) is 25.1 Å². The van der Waals surface area contributed by atoms with Gasteiger partial charge in [-0.3, -0.25) is 4.48 Å². The van der Waals surface area contributed by atoms with Crippen molar-refractivity contribution in [3.63, 3.8) is 0 Å². The highest BCUT2D eigenvalue weighted by Crippen LogP contribution is 2.22. The van der Waals surface area contributed by atoms with Gasteiger partial charge >= 0.3 is 0 Å². The molecule has 1 aliphatic heterocycles. The van der Waals surface area contributed by atoms with E-state index < -0.39 is 0 Å². The predicted molar refractivity (Wildman–Crippen MR) is 99.8 cm³/mol. The van der Waals surface area contributed by atoms with Crippen LogP contribution in [0.1, 0.15) is 77.6 Å². The topological polar surface area (TPSA) is 32.3 Å². The number of nitrogens with one attached hydrogen (secondary N) is 1. The zero-order valence-corrected chi connectivity index (χ0v) is 15.3. The Morgan fingerprint density at radius 2 is 1.65 bits per heavy atom. The molecular weight excluding hydrogens is 284 g/mol. The second-order valence-corrected chi connectivity index (χ2v) is 6.91. The zero-order chi connectivity index (χ0) is 16.8. The van der Waals surface area contributed by atoms with E-state index in [1.807, 2.05) is 6.08 Å². The van der Waals surface area contributed by atoms with E-state index in [4.69, 9.17) is 0 Å². The van der Waals surface area contributed by atoms with E-state index in [0.717, 1.165) is 17.6 Å². The van der Waals surface area contributed by atoms with Gasteiger partial charge in [0.15, 0.2) is 6.17 Å². The van der Waals surface area contributed by atoms with Crippen LogP contribution >= 0.6 is 0 Å². The number of quaternary nitrogens is 1. The third-order valence-corrected chi connectivity index (χ3v) is 5.27. The average Bonchev–Trinajstić information content (AvgIpc) is 2.96. The fourth-order valence-corrected chi connectivity index (χ4v) is 3.66. The minimum atomic E-state index is 0.267. The highest BCUT2D eigenvalue weighted by Gasteiger charge is 2.35. The fourth-order valence-electron chi connectivity index (χ4n) is 3.66. The fraction of sp³-hybridized carbons (Fsp3) is 0.800. The molecule has 0 aromatic heterocycles. The van der Waals surface area contributed by atoms with E-state index in [1.54, 1.807) is 0 Å². The normalized spacial score (nSPS) is 23.1. The largest absolute Gasteiger partial charge is 0.390 e. The molecule has 0 spiro atoms. The summed E-state index contributed by atoms with van der Waals surface area (Å²) >= 11 is 0. The number of nitrogens with zero attached hydrogens (tertiary/aromatic N) is 1. The Bertz CT molecular complexity index is 330. The summed E-state index contributed by atoms with van der Waals surface area (Å²) < 4.78 is 0.904. The molecule has 0 saturated carbocycles.